The highest BCUT2D eigenvalue weighted by molar-refractivity contribution is 5.92. The summed E-state index contributed by atoms with van der Waals surface area (Å²) in [5, 5.41) is 8.97. The third-order valence-electron chi connectivity index (χ3n) is 4.40. The van der Waals surface area contributed by atoms with Crippen LogP contribution in [-0.2, 0) is 17.9 Å². The molecule has 0 spiro atoms. The lowest BCUT2D eigenvalue weighted by Crippen LogP contribution is -2.19. The molecular weight excluding hydrogens is 398 g/mol. The summed E-state index contributed by atoms with van der Waals surface area (Å²) in [5.74, 6) is 0.457. The van der Waals surface area contributed by atoms with E-state index in [-0.39, 0.29) is 17.7 Å². The molecule has 0 unspecified atom stereocenters. The number of hydrogen-bond acceptors (Lipinski definition) is 6. The lowest BCUT2D eigenvalue weighted by Gasteiger charge is -2.14. The number of nitrogens with one attached hydrogen (secondary N) is 2. The van der Waals surface area contributed by atoms with Gasteiger partial charge in [0.25, 0.3) is 5.56 Å². The van der Waals surface area contributed by atoms with E-state index in [0.717, 1.165) is 29.9 Å². The van der Waals surface area contributed by atoms with Crippen molar-refractivity contribution < 1.29 is 14.6 Å². The number of ether oxygens (including phenoxy) is 1. The van der Waals surface area contributed by atoms with Gasteiger partial charge in [-0.2, -0.15) is 0 Å². The number of carbonyl (C=O) groups is 1. The van der Waals surface area contributed by atoms with Crippen LogP contribution in [0, 0.1) is 0 Å². The molecule has 0 radical (unpaired) electrons. The Morgan fingerprint density at radius 3 is 2.74 bits per heavy atom. The van der Waals surface area contributed by atoms with Crippen LogP contribution in [0.3, 0.4) is 0 Å². The van der Waals surface area contributed by atoms with Gasteiger partial charge in [0.1, 0.15) is 18.3 Å². The zero-order valence-corrected chi connectivity index (χ0v) is 17.9. The summed E-state index contributed by atoms with van der Waals surface area (Å²) >= 11 is 0. The predicted octanol–water partition coefficient (Wildman–Crippen LogP) is 3.31. The van der Waals surface area contributed by atoms with Gasteiger partial charge in [0.05, 0.1) is 29.4 Å². The molecule has 9 nitrogen and oxygen atoms in total. The average Bonchev–Trinajstić information content (AvgIpc) is 3.14. The smallest absolute Gasteiger partial charge is 0.335 e. The number of rotatable bonds is 10. The van der Waals surface area contributed by atoms with Crippen LogP contribution in [0.2, 0.25) is 0 Å². The summed E-state index contributed by atoms with van der Waals surface area (Å²) in [6, 6.07) is 6.30. The number of imidazole rings is 1. The Morgan fingerprint density at radius 2 is 2.06 bits per heavy atom. The van der Waals surface area contributed by atoms with E-state index >= 15 is 0 Å². The summed E-state index contributed by atoms with van der Waals surface area (Å²) in [7, 11) is 2.07. The van der Waals surface area contributed by atoms with Gasteiger partial charge in [0.2, 0.25) is 0 Å². The number of carboxylic acids is 1. The number of fused-ring (bicyclic) bond motifs is 1. The first kappa shape index (κ1) is 23.8. The van der Waals surface area contributed by atoms with Crippen LogP contribution >= 0.6 is 0 Å². The van der Waals surface area contributed by atoms with E-state index in [4.69, 9.17) is 9.84 Å². The highest BCUT2D eigenvalue weighted by atomic mass is 16.5. The van der Waals surface area contributed by atoms with E-state index in [9.17, 15) is 9.59 Å². The molecule has 166 valence electrons. The minimum Gasteiger partial charge on any atom is -0.494 e. The molecule has 0 aliphatic heterocycles. The van der Waals surface area contributed by atoms with Crippen molar-refractivity contribution in [2.45, 2.75) is 39.3 Å². The van der Waals surface area contributed by atoms with Crippen molar-refractivity contribution >= 4 is 17.0 Å². The largest absolute Gasteiger partial charge is 0.494 e. The zero-order chi connectivity index (χ0) is 22.6. The van der Waals surface area contributed by atoms with Crippen molar-refractivity contribution in [2.75, 3.05) is 13.6 Å². The first-order chi connectivity index (χ1) is 14.9. The number of unbranched alkanes of at least 4 members (excludes halogenated alkanes) is 2. The maximum atomic E-state index is 10.9. The van der Waals surface area contributed by atoms with Gasteiger partial charge in [-0.15, -0.1) is 0 Å². The third kappa shape index (κ3) is 8.06. The summed E-state index contributed by atoms with van der Waals surface area (Å²) in [6.07, 6.45) is 6.38. The average molecular weight is 428 g/mol. The molecule has 0 atom stereocenters. The number of hydrogen-bond donors (Lipinski definition) is 3. The molecule has 2 aromatic heterocycles. The molecule has 0 saturated carbocycles. The van der Waals surface area contributed by atoms with Gasteiger partial charge in [0.15, 0.2) is 0 Å². The molecule has 0 bridgehead atoms. The van der Waals surface area contributed by atoms with Crippen LogP contribution in [-0.4, -0.2) is 49.5 Å². The predicted molar refractivity (Wildman–Crippen MR) is 119 cm³/mol. The van der Waals surface area contributed by atoms with E-state index in [1.165, 1.54) is 37.8 Å². The number of H-pyrrole nitrogens is 2. The first-order valence-electron chi connectivity index (χ1n) is 10.1. The molecule has 3 aromatic rings. The molecule has 9 heteroatoms. The SMILES string of the molecule is C=COCc1nccc(=O)[nH]1.CCCCCN(C)Cc1nc2ccc(C(=O)O)cc2[nH]1. The molecule has 0 fully saturated rings. The standard InChI is InChI=1S/C15H21N3O2.C7H8N2O2/c1-3-4-5-8-18(2)10-14-16-12-7-6-11(15(19)20)9-13(12)17-14;1-2-11-5-6-8-4-3-7(10)9-6/h6-7,9H,3-5,8,10H2,1-2H3,(H,16,17)(H,19,20);2-4H,1,5H2,(H,8,9,10). The third-order valence-corrected chi connectivity index (χ3v) is 4.40. The number of aromatic nitrogens is 4. The molecule has 0 aliphatic carbocycles. The van der Waals surface area contributed by atoms with Crippen molar-refractivity contribution in [2.24, 2.45) is 0 Å². The number of aromatic carboxylic acids is 1. The van der Waals surface area contributed by atoms with Gasteiger partial charge >= 0.3 is 5.97 Å². The number of benzene rings is 1. The summed E-state index contributed by atoms with van der Waals surface area (Å²) < 4.78 is 4.81. The molecule has 0 aliphatic rings. The minimum absolute atomic E-state index is 0.178. The number of nitrogens with zero attached hydrogens (tertiary/aromatic N) is 3. The lowest BCUT2D eigenvalue weighted by molar-refractivity contribution is 0.0697. The first-order valence-corrected chi connectivity index (χ1v) is 10.1. The fraction of sp³-hybridized carbons (Fsp3) is 0.364. The molecule has 1 aromatic carbocycles. The maximum absolute atomic E-state index is 10.9. The maximum Gasteiger partial charge on any atom is 0.335 e. The van der Waals surface area contributed by atoms with E-state index in [2.05, 4.69) is 45.4 Å². The molecule has 0 saturated heterocycles. The Kier molecular flexibility index (Phi) is 9.44. The van der Waals surface area contributed by atoms with Crippen molar-refractivity contribution in [3.8, 4) is 0 Å². The lowest BCUT2D eigenvalue weighted by atomic mass is 10.2. The summed E-state index contributed by atoms with van der Waals surface area (Å²) in [5.41, 5.74) is 1.69. The van der Waals surface area contributed by atoms with E-state index < -0.39 is 5.97 Å². The second-order valence-electron chi connectivity index (χ2n) is 7.02. The normalized spacial score (nSPS) is 10.5. The molecule has 3 rings (SSSR count). The fourth-order valence-electron chi connectivity index (χ4n) is 2.86. The highest BCUT2D eigenvalue weighted by Gasteiger charge is 2.09. The van der Waals surface area contributed by atoms with Crippen LogP contribution in [0.4, 0.5) is 0 Å². The van der Waals surface area contributed by atoms with Gasteiger partial charge in [-0.1, -0.05) is 26.3 Å². The van der Waals surface area contributed by atoms with Gasteiger partial charge in [-0.05, 0) is 38.2 Å². The second kappa shape index (κ2) is 12.3. The van der Waals surface area contributed by atoms with Crippen LogP contribution < -0.4 is 5.56 Å². The molecule has 31 heavy (non-hydrogen) atoms. The van der Waals surface area contributed by atoms with Crippen molar-refractivity contribution in [3.63, 3.8) is 0 Å². The Bertz CT molecular complexity index is 1040. The monoisotopic (exact) mass is 427 g/mol. The van der Waals surface area contributed by atoms with E-state index in [0.29, 0.717) is 5.82 Å². The van der Waals surface area contributed by atoms with E-state index in [1.54, 1.807) is 18.2 Å². The van der Waals surface area contributed by atoms with Crippen molar-refractivity contribution in [1.29, 1.82) is 0 Å². The minimum atomic E-state index is -0.917. The Hall–Kier alpha value is -3.46. The topological polar surface area (TPSA) is 124 Å². The summed E-state index contributed by atoms with van der Waals surface area (Å²) in [6.45, 7) is 7.60. The zero-order valence-electron chi connectivity index (χ0n) is 17.9. The Balaban J connectivity index is 0.000000262. The van der Waals surface area contributed by atoms with Gasteiger partial charge in [-0.3, -0.25) is 9.69 Å². The molecule has 2 heterocycles. The Labute approximate surface area is 180 Å². The van der Waals surface area contributed by atoms with Crippen LogP contribution in [0.15, 0.2) is 48.1 Å². The van der Waals surface area contributed by atoms with Crippen molar-refractivity contribution in [1.82, 2.24) is 24.8 Å². The molecular formula is C22H29N5O4. The Morgan fingerprint density at radius 1 is 1.26 bits per heavy atom. The van der Waals surface area contributed by atoms with Crippen LogP contribution in [0.25, 0.3) is 11.0 Å². The quantitative estimate of drug-likeness (QED) is 0.335. The van der Waals surface area contributed by atoms with Crippen LogP contribution in [0.5, 0.6) is 0 Å². The summed E-state index contributed by atoms with van der Waals surface area (Å²) in [4.78, 5) is 37.9. The van der Waals surface area contributed by atoms with Gasteiger partial charge in [-0.25, -0.2) is 14.8 Å². The molecule has 3 N–H and O–H groups in total. The van der Waals surface area contributed by atoms with E-state index in [1.807, 2.05) is 0 Å². The number of aromatic amines is 2. The van der Waals surface area contributed by atoms with Gasteiger partial charge in [0, 0.05) is 12.3 Å². The van der Waals surface area contributed by atoms with Crippen molar-refractivity contribution in [3.05, 3.63) is 70.9 Å². The second-order valence-corrected chi connectivity index (χ2v) is 7.02. The molecule has 0 amide bonds. The number of carboxylic acid groups (broad SMARTS) is 1. The fourth-order valence-corrected chi connectivity index (χ4v) is 2.86. The van der Waals surface area contributed by atoms with Gasteiger partial charge < -0.3 is 19.8 Å². The van der Waals surface area contributed by atoms with Crippen LogP contribution in [0.1, 0.15) is 48.2 Å². The highest BCUT2D eigenvalue weighted by Crippen LogP contribution is 2.15.